The van der Waals surface area contributed by atoms with Crippen LogP contribution in [0.1, 0.15) is 20.8 Å². The number of amides is 1. The molecule has 1 heterocycles. The molecule has 4 heteroatoms. The average Bonchev–Trinajstić information content (AvgIpc) is 2.16. The van der Waals surface area contributed by atoms with Gasteiger partial charge < -0.3 is 4.74 Å². The minimum absolute atomic E-state index is 0.129. The Morgan fingerprint density at radius 1 is 1.73 bits per heavy atom. The Hall–Kier alpha value is -0.610. The van der Waals surface area contributed by atoms with Crippen LogP contribution in [0.2, 0.25) is 0 Å². The summed E-state index contributed by atoms with van der Waals surface area (Å²) in [7, 11) is 0. The normalized spacial score (nSPS) is 28.6. The van der Waals surface area contributed by atoms with Gasteiger partial charge in [-0.1, -0.05) is 0 Å². The predicted molar refractivity (Wildman–Crippen MR) is 38.4 cm³/mol. The first-order valence-corrected chi connectivity index (χ1v) is 3.66. The fraction of sp³-hybridized carbons (Fsp3) is 0.857. The Morgan fingerprint density at radius 2 is 2.36 bits per heavy atom. The molecule has 0 radical (unpaired) electrons. The van der Waals surface area contributed by atoms with Crippen LogP contribution in [0.4, 0.5) is 0 Å². The number of ether oxygens (including phenoxy) is 1. The molecular weight excluding hydrogens is 146 g/mol. The maximum absolute atomic E-state index is 11.1. The zero-order valence-corrected chi connectivity index (χ0v) is 7.01. The molecule has 1 saturated heterocycles. The molecule has 1 N–H and O–H groups in total. The topological polar surface area (TPSA) is 47.6 Å². The van der Waals surface area contributed by atoms with E-state index in [1.807, 2.05) is 6.92 Å². The number of carbonyl (C=O) groups excluding carboxylic acids is 1. The van der Waals surface area contributed by atoms with Crippen LogP contribution in [0.25, 0.3) is 0 Å². The third-order valence-corrected chi connectivity index (χ3v) is 1.75. The lowest BCUT2D eigenvalue weighted by Crippen LogP contribution is -2.33. The van der Waals surface area contributed by atoms with Gasteiger partial charge in [0.15, 0.2) is 6.29 Å². The first kappa shape index (κ1) is 8.49. The summed E-state index contributed by atoms with van der Waals surface area (Å²) in [6.07, 6.45) is -0.458. The van der Waals surface area contributed by atoms with Crippen molar-refractivity contribution in [3.63, 3.8) is 0 Å². The van der Waals surface area contributed by atoms with Crippen LogP contribution < -0.4 is 5.48 Å². The molecule has 0 spiro atoms. The molecule has 1 atom stereocenters. The molecule has 0 saturated carbocycles. The zero-order chi connectivity index (χ0) is 8.48. The van der Waals surface area contributed by atoms with Crippen molar-refractivity contribution in [1.82, 2.24) is 5.48 Å². The van der Waals surface area contributed by atoms with Crippen molar-refractivity contribution in [3.05, 3.63) is 0 Å². The molecule has 1 aliphatic heterocycles. The Labute approximate surface area is 65.8 Å². The molecule has 0 aromatic carbocycles. The van der Waals surface area contributed by atoms with E-state index in [2.05, 4.69) is 5.48 Å². The molecule has 1 amide bonds. The summed E-state index contributed by atoms with van der Waals surface area (Å²) < 4.78 is 5.18. The molecular formula is C7H13NO3. The minimum Gasteiger partial charge on any atom is -0.350 e. The SMILES string of the molecule is CCOC1ONC(=O)C1(C)C. The summed E-state index contributed by atoms with van der Waals surface area (Å²) in [6.45, 7) is 5.98. The third-order valence-electron chi connectivity index (χ3n) is 1.75. The van der Waals surface area contributed by atoms with Crippen molar-refractivity contribution in [3.8, 4) is 0 Å². The smallest absolute Gasteiger partial charge is 0.254 e. The van der Waals surface area contributed by atoms with Crippen LogP contribution >= 0.6 is 0 Å². The lowest BCUT2D eigenvalue weighted by Gasteiger charge is -2.19. The van der Waals surface area contributed by atoms with Gasteiger partial charge in [0.2, 0.25) is 0 Å². The van der Waals surface area contributed by atoms with Crippen molar-refractivity contribution in [2.45, 2.75) is 27.1 Å². The molecule has 11 heavy (non-hydrogen) atoms. The van der Waals surface area contributed by atoms with E-state index in [1.165, 1.54) is 0 Å². The Balaban J connectivity index is 2.62. The summed E-state index contributed by atoms with van der Waals surface area (Å²) in [5.74, 6) is -0.129. The van der Waals surface area contributed by atoms with E-state index in [0.29, 0.717) is 6.61 Å². The maximum Gasteiger partial charge on any atom is 0.254 e. The standard InChI is InChI=1S/C7H13NO3/c1-4-10-6-7(2,3)5(9)8-11-6/h6H,4H2,1-3H3,(H,8,9). The highest BCUT2D eigenvalue weighted by Crippen LogP contribution is 2.28. The molecule has 64 valence electrons. The number of hydroxylamine groups is 1. The van der Waals surface area contributed by atoms with Crippen molar-refractivity contribution in [2.75, 3.05) is 6.61 Å². The van der Waals surface area contributed by atoms with Gasteiger partial charge in [-0.25, -0.2) is 10.3 Å². The number of carbonyl (C=O) groups is 1. The van der Waals surface area contributed by atoms with Gasteiger partial charge in [-0.05, 0) is 20.8 Å². The largest absolute Gasteiger partial charge is 0.350 e. The highest BCUT2D eigenvalue weighted by atomic mass is 16.8. The molecule has 0 aromatic heterocycles. The summed E-state index contributed by atoms with van der Waals surface area (Å²) in [4.78, 5) is 16.0. The summed E-state index contributed by atoms with van der Waals surface area (Å²) in [5.41, 5.74) is 1.71. The first-order chi connectivity index (χ1) is 5.09. The van der Waals surface area contributed by atoms with Gasteiger partial charge in [-0.2, -0.15) is 0 Å². The maximum atomic E-state index is 11.1. The fourth-order valence-corrected chi connectivity index (χ4v) is 0.887. The fourth-order valence-electron chi connectivity index (χ4n) is 0.887. The molecule has 0 bridgehead atoms. The summed E-state index contributed by atoms with van der Waals surface area (Å²) in [6, 6.07) is 0. The molecule has 0 aromatic rings. The number of rotatable bonds is 2. The van der Waals surface area contributed by atoms with Crippen LogP contribution in [0.5, 0.6) is 0 Å². The average molecular weight is 159 g/mol. The summed E-state index contributed by atoms with van der Waals surface area (Å²) in [5, 5.41) is 0. The van der Waals surface area contributed by atoms with E-state index >= 15 is 0 Å². The number of hydrogen-bond donors (Lipinski definition) is 1. The Bertz CT molecular complexity index is 167. The van der Waals surface area contributed by atoms with E-state index in [0.717, 1.165) is 0 Å². The van der Waals surface area contributed by atoms with Gasteiger partial charge in [0.1, 0.15) is 0 Å². The second kappa shape index (κ2) is 2.79. The number of nitrogens with one attached hydrogen (secondary N) is 1. The van der Waals surface area contributed by atoms with Gasteiger partial charge in [-0.15, -0.1) is 0 Å². The predicted octanol–water partition coefficient (Wildman–Crippen LogP) is 0.437. The highest BCUT2D eigenvalue weighted by molar-refractivity contribution is 5.82. The Morgan fingerprint density at radius 3 is 2.73 bits per heavy atom. The lowest BCUT2D eigenvalue weighted by atomic mass is 9.93. The van der Waals surface area contributed by atoms with Crippen LogP contribution in [-0.2, 0) is 14.4 Å². The molecule has 4 nitrogen and oxygen atoms in total. The summed E-state index contributed by atoms with van der Waals surface area (Å²) >= 11 is 0. The van der Waals surface area contributed by atoms with Crippen molar-refractivity contribution in [1.29, 1.82) is 0 Å². The van der Waals surface area contributed by atoms with Gasteiger partial charge in [0.25, 0.3) is 5.91 Å². The van der Waals surface area contributed by atoms with Gasteiger partial charge >= 0.3 is 0 Å². The minimum atomic E-state index is -0.573. The van der Waals surface area contributed by atoms with Crippen LogP contribution in [-0.4, -0.2) is 18.8 Å². The van der Waals surface area contributed by atoms with Crippen molar-refractivity contribution in [2.24, 2.45) is 5.41 Å². The number of hydrogen-bond acceptors (Lipinski definition) is 3. The van der Waals surface area contributed by atoms with Gasteiger partial charge in [0.05, 0.1) is 5.41 Å². The Kier molecular flexibility index (Phi) is 2.15. The zero-order valence-electron chi connectivity index (χ0n) is 7.01. The van der Waals surface area contributed by atoms with E-state index in [-0.39, 0.29) is 5.91 Å². The van der Waals surface area contributed by atoms with E-state index in [1.54, 1.807) is 13.8 Å². The van der Waals surface area contributed by atoms with Crippen molar-refractivity contribution >= 4 is 5.91 Å². The van der Waals surface area contributed by atoms with Crippen LogP contribution in [0.15, 0.2) is 0 Å². The van der Waals surface area contributed by atoms with Crippen LogP contribution in [0.3, 0.4) is 0 Å². The molecule has 1 unspecified atom stereocenters. The lowest BCUT2D eigenvalue weighted by molar-refractivity contribution is -0.170. The highest BCUT2D eigenvalue weighted by Gasteiger charge is 2.44. The second-order valence-electron chi connectivity index (χ2n) is 3.06. The quantitative estimate of drug-likeness (QED) is 0.635. The molecule has 0 aliphatic carbocycles. The monoisotopic (exact) mass is 159 g/mol. The van der Waals surface area contributed by atoms with E-state index in [4.69, 9.17) is 9.57 Å². The van der Waals surface area contributed by atoms with E-state index < -0.39 is 11.7 Å². The van der Waals surface area contributed by atoms with Gasteiger partial charge in [-0.3, -0.25) is 4.79 Å². The molecule has 1 rings (SSSR count). The van der Waals surface area contributed by atoms with Crippen molar-refractivity contribution < 1.29 is 14.4 Å². The third kappa shape index (κ3) is 1.36. The molecule has 1 aliphatic rings. The van der Waals surface area contributed by atoms with Crippen LogP contribution in [0, 0.1) is 5.41 Å². The second-order valence-corrected chi connectivity index (χ2v) is 3.06. The van der Waals surface area contributed by atoms with Gasteiger partial charge in [0, 0.05) is 6.61 Å². The van der Waals surface area contributed by atoms with E-state index in [9.17, 15) is 4.79 Å². The molecule has 1 fully saturated rings. The first-order valence-electron chi connectivity index (χ1n) is 3.66.